The van der Waals surface area contributed by atoms with Crippen molar-refractivity contribution in [3.05, 3.63) is 59.4 Å². The van der Waals surface area contributed by atoms with Crippen LogP contribution < -0.4 is 15.3 Å². The Morgan fingerprint density at radius 2 is 1.86 bits per heavy atom. The molecule has 2 aromatic heterocycles. The Hall–Kier alpha value is -3.21. The molecule has 4 aromatic rings. The second kappa shape index (κ2) is 15.0. The van der Waals surface area contributed by atoms with E-state index >= 15 is 0 Å². The van der Waals surface area contributed by atoms with E-state index in [0.717, 1.165) is 29.3 Å². The molecule has 3 N–H and O–H groups in total. The van der Waals surface area contributed by atoms with Gasteiger partial charge in [-0.1, -0.05) is 50.1 Å². The van der Waals surface area contributed by atoms with Crippen molar-refractivity contribution in [3.63, 3.8) is 0 Å². The number of nitrogen functional groups attached to an aromatic ring is 1. The summed E-state index contributed by atoms with van der Waals surface area (Å²) < 4.78 is 39.2. The first-order chi connectivity index (χ1) is 20.7. The lowest BCUT2D eigenvalue weighted by Crippen LogP contribution is -2.35. The summed E-state index contributed by atoms with van der Waals surface area (Å²) in [4.78, 5) is 22.0. The zero-order valence-corrected chi connectivity index (χ0v) is 26.6. The molecule has 0 radical (unpaired) electrons. The second-order valence-electron chi connectivity index (χ2n) is 10.0. The molecule has 43 heavy (non-hydrogen) atoms. The number of hydrogen-bond acceptors (Lipinski definition) is 9. The molecule has 0 saturated heterocycles. The molecular formula is C30H39ClN5O6P. The minimum Gasteiger partial charge on any atom is -0.465 e. The molecule has 0 spiro atoms. The topological polar surface area (TPSA) is 140 Å². The summed E-state index contributed by atoms with van der Waals surface area (Å²) >= 11 is 6.03. The minimum atomic E-state index is -4.12. The Balaban J connectivity index is 1.69. The summed E-state index contributed by atoms with van der Waals surface area (Å²) in [7, 11) is -4.12. The summed E-state index contributed by atoms with van der Waals surface area (Å²) in [6.45, 7) is 8.39. The number of carbonyl (C=O) groups excluding carboxylic acids is 1. The molecular weight excluding hydrogens is 593 g/mol. The molecule has 0 aliphatic rings. The van der Waals surface area contributed by atoms with Gasteiger partial charge in [0.1, 0.15) is 29.7 Å². The van der Waals surface area contributed by atoms with E-state index in [0.29, 0.717) is 35.2 Å². The number of halogens is 1. The van der Waals surface area contributed by atoms with Crippen LogP contribution in [0, 0.1) is 0 Å². The molecule has 3 atom stereocenters. The van der Waals surface area contributed by atoms with Gasteiger partial charge >= 0.3 is 13.7 Å². The van der Waals surface area contributed by atoms with Crippen molar-refractivity contribution in [1.29, 1.82) is 0 Å². The SMILES string of the molecule is CCCCOC(=O)[C@H](C)NP(=O)(OC[C@H](CC)n1c(COCC)nc2c(N)nc3ccccc3c21)Oc1ccc(Cl)cc1. The number of unbranched alkanes of at least 4 members (excludes halogenated alkanes) is 1. The molecule has 0 aliphatic carbocycles. The third kappa shape index (κ3) is 8.04. The Labute approximate surface area is 256 Å². The van der Waals surface area contributed by atoms with E-state index in [9.17, 15) is 9.36 Å². The van der Waals surface area contributed by atoms with Crippen molar-refractivity contribution in [2.24, 2.45) is 0 Å². The van der Waals surface area contributed by atoms with Gasteiger partial charge in [-0.3, -0.25) is 9.32 Å². The van der Waals surface area contributed by atoms with Crippen molar-refractivity contribution in [1.82, 2.24) is 19.6 Å². The van der Waals surface area contributed by atoms with Gasteiger partial charge in [-0.15, -0.1) is 0 Å². The van der Waals surface area contributed by atoms with Gasteiger partial charge in [0.25, 0.3) is 0 Å². The van der Waals surface area contributed by atoms with Gasteiger partial charge in [-0.25, -0.2) is 14.5 Å². The van der Waals surface area contributed by atoms with E-state index in [1.165, 1.54) is 0 Å². The molecule has 4 rings (SSSR count). The molecule has 0 fully saturated rings. The van der Waals surface area contributed by atoms with Crippen LogP contribution in [0.15, 0.2) is 48.5 Å². The van der Waals surface area contributed by atoms with Crippen molar-refractivity contribution in [2.45, 2.75) is 65.6 Å². The first kappa shape index (κ1) is 32.7. The van der Waals surface area contributed by atoms with Gasteiger partial charge in [-0.05, 0) is 57.0 Å². The number of para-hydroxylation sites is 1. The molecule has 0 saturated carbocycles. The number of rotatable bonds is 16. The van der Waals surface area contributed by atoms with Crippen molar-refractivity contribution in [2.75, 3.05) is 25.6 Å². The largest absolute Gasteiger partial charge is 0.465 e. The lowest BCUT2D eigenvalue weighted by atomic mass is 10.1. The quantitative estimate of drug-likeness (QED) is 0.0768. The number of fused-ring (bicyclic) bond motifs is 3. The fourth-order valence-electron chi connectivity index (χ4n) is 4.57. The van der Waals surface area contributed by atoms with E-state index in [2.05, 4.69) is 10.1 Å². The number of pyridine rings is 1. The molecule has 232 valence electrons. The van der Waals surface area contributed by atoms with Gasteiger partial charge in [0.15, 0.2) is 5.82 Å². The minimum absolute atomic E-state index is 0.0485. The summed E-state index contributed by atoms with van der Waals surface area (Å²) in [6.07, 6.45) is 2.18. The number of carbonyl (C=O) groups is 1. The summed E-state index contributed by atoms with van der Waals surface area (Å²) in [5, 5.41) is 4.11. The molecule has 2 heterocycles. The monoisotopic (exact) mass is 631 g/mol. The molecule has 11 nitrogen and oxygen atoms in total. The highest BCUT2D eigenvalue weighted by molar-refractivity contribution is 7.52. The Morgan fingerprint density at radius 1 is 1.12 bits per heavy atom. The van der Waals surface area contributed by atoms with Crippen molar-refractivity contribution < 1.29 is 27.9 Å². The number of aromatic nitrogens is 3. The van der Waals surface area contributed by atoms with E-state index < -0.39 is 19.8 Å². The van der Waals surface area contributed by atoms with Gasteiger partial charge in [0, 0.05) is 17.0 Å². The van der Waals surface area contributed by atoms with Crippen LogP contribution in [-0.4, -0.2) is 46.4 Å². The van der Waals surface area contributed by atoms with Crippen LogP contribution >= 0.6 is 19.3 Å². The Bertz CT molecular complexity index is 1580. The molecule has 13 heteroatoms. The second-order valence-corrected chi connectivity index (χ2v) is 12.1. The zero-order chi connectivity index (χ0) is 31.0. The highest BCUT2D eigenvalue weighted by atomic mass is 35.5. The number of hydrogen-bond donors (Lipinski definition) is 2. The predicted octanol–water partition coefficient (Wildman–Crippen LogP) is 6.83. The third-order valence-electron chi connectivity index (χ3n) is 6.82. The van der Waals surface area contributed by atoms with Crippen LogP contribution in [0.25, 0.3) is 21.9 Å². The standard InChI is InChI=1S/C30H39ClN5O6P/c1-5-8-17-40-30(37)20(4)35-43(38,42-23-15-13-21(31)14-16-23)41-18-22(6-2)36-26(19-39-7-3)34-27-28(36)24-11-9-10-12-25(24)33-29(27)32/h9-16,20,22H,5-8,17-19H2,1-4H3,(H2,32,33)(H,35,38)/t20-,22-,43?/m0/s1. The molecule has 0 amide bonds. The number of anilines is 1. The van der Waals surface area contributed by atoms with E-state index in [-0.39, 0.29) is 31.6 Å². The Kier molecular flexibility index (Phi) is 11.4. The highest BCUT2D eigenvalue weighted by Crippen LogP contribution is 2.46. The van der Waals surface area contributed by atoms with E-state index in [1.807, 2.05) is 49.6 Å². The predicted molar refractivity (Wildman–Crippen MR) is 168 cm³/mol. The maximum atomic E-state index is 14.2. The molecule has 0 aliphatic heterocycles. The zero-order valence-electron chi connectivity index (χ0n) is 24.9. The molecule has 0 bridgehead atoms. The first-order valence-corrected chi connectivity index (χ1v) is 16.4. The third-order valence-corrected chi connectivity index (χ3v) is 8.72. The van der Waals surface area contributed by atoms with Crippen LogP contribution in [0.2, 0.25) is 5.02 Å². The summed E-state index contributed by atoms with van der Waals surface area (Å²) in [6, 6.07) is 12.7. The molecule has 2 aromatic carbocycles. The summed E-state index contributed by atoms with van der Waals surface area (Å²) in [5.74, 6) is 0.633. The first-order valence-electron chi connectivity index (χ1n) is 14.5. The number of imidazole rings is 1. The lowest BCUT2D eigenvalue weighted by Gasteiger charge is -2.26. The normalized spacial score (nSPS) is 14.4. The number of nitrogens with two attached hydrogens (primary N) is 1. The Morgan fingerprint density at radius 3 is 2.56 bits per heavy atom. The van der Waals surface area contributed by atoms with Gasteiger partial charge in [0.2, 0.25) is 0 Å². The van der Waals surface area contributed by atoms with E-state index in [1.54, 1.807) is 31.2 Å². The molecule has 1 unspecified atom stereocenters. The van der Waals surface area contributed by atoms with Gasteiger partial charge in [-0.2, -0.15) is 5.09 Å². The number of ether oxygens (including phenoxy) is 2. The maximum Gasteiger partial charge on any atom is 0.459 e. The maximum absolute atomic E-state index is 14.2. The average molecular weight is 632 g/mol. The fraction of sp³-hybridized carbons (Fsp3) is 0.433. The lowest BCUT2D eigenvalue weighted by molar-refractivity contribution is -0.145. The number of benzene rings is 2. The average Bonchev–Trinajstić information content (AvgIpc) is 3.38. The van der Waals surface area contributed by atoms with Gasteiger partial charge < -0.3 is 24.3 Å². The smallest absolute Gasteiger partial charge is 0.459 e. The van der Waals surface area contributed by atoms with Crippen molar-refractivity contribution in [3.8, 4) is 5.75 Å². The van der Waals surface area contributed by atoms with Crippen LogP contribution in [0.5, 0.6) is 5.75 Å². The summed E-state index contributed by atoms with van der Waals surface area (Å²) in [5.41, 5.74) is 8.41. The van der Waals surface area contributed by atoms with Crippen LogP contribution in [0.1, 0.15) is 58.8 Å². The van der Waals surface area contributed by atoms with Gasteiger partial charge in [0.05, 0.1) is 30.3 Å². The number of esters is 1. The van der Waals surface area contributed by atoms with Crippen LogP contribution in [0.3, 0.4) is 0 Å². The highest BCUT2D eigenvalue weighted by Gasteiger charge is 2.34. The fourth-order valence-corrected chi connectivity index (χ4v) is 6.23. The van der Waals surface area contributed by atoms with Crippen LogP contribution in [-0.2, 0) is 30.0 Å². The number of nitrogens with zero attached hydrogens (tertiary/aromatic N) is 3. The van der Waals surface area contributed by atoms with Crippen molar-refractivity contribution >= 4 is 53.1 Å². The van der Waals surface area contributed by atoms with E-state index in [4.69, 9.17) is 40.8 Å². The number of nitrogens with one attached hydrogen (secondary N) is 1. The van der Waals surface area contributed by atoms with Crippen LogP contribution in [0.4, 0.5) is 5.82 Å².